The summed E-state index contributed by atoms with van der Waals surface area (Å²) in [7, 11) is 1.93. The van der Waals surface area contributed by atoms with Crippen LogP contribution < -0.4 is 10.1 Å². The van der Waals surface area contributed by atoms with Crippen molar-refractivity contribution in [2.75, 3.05) is 13.7 Å². The maximum atomic E-state index is 8.43. The molecule has 3 heteroatoms. The predicted octanol–water partition coefficient (Wildman–Crippen LogP) is 2.79. The highest BCUT2D eigenvalue weighted by molar-refractivity contribution is 5.36. The molecule has 3 nitrogen and oxygen atoms in total. The third-order valence-electron chi connectivity index (χ3n) is 2.52. The average Bonchev–Trinajstić information content (AvgIpc) is 2.32. The van der Waals surface area contributed by atoms with Crippen molar-refractivity contribution in [3.05, 3.63) is 29.3 Å². The van der Waals surface area contributed by atoms with Gasteiger partial charge in [-0.15, -0.1) is 0 Å². The summed E-state index contributed by atoms with van der Waals surface area (Å²) < 4.78 is 5.74. The summed E-state index contributed by atoms with van der Waals surface area (Å²) in [5, 5.41) is 11.6. The molecule has 1 aromatic rings. The van der Waals surface area contributed by atoms with Gasteiger partial charge in [0.2, 0.25) is 0 Å². The zero-order chi connectivity index (χ0) is 12.5. The number of nitriles is 1. The van der Waals surface area contributed by atoms with E-state index in [1.54, 1.807) is 0 Å². The van der Waals surface area contributed by atoms with Crippen molar-refractivity contribution in [1.82, 2.24) is 5.32 Å². The third kappa shape index (κ3) is 4.88. The first kappa shape index (κ1) is 13.5. The summed E-state index contributed by atoms with van der Waals surface area (Å²) in [5.74, 6) is 0.946. The van der Waals surface area contributed by atoms with E-state index in [-0.39, 0.29) is 0 Å². The van der Waals surface area contributed by atoms with Crippen molar-refractivity contribution in [2.45, 2.75) is 32.7 Å². The standard InChI is InChI=1S/C14H20N2O/c1-12-6-7-14(13(10-12)11-16-2)17-9-5-3-4-8-15/h6-7,10,16H,3-5,9,11H2,1-2H3. The first-order chi connectivity index (χ1) is 8.27. The molecule has 0 amide bonds. The fraction of sp³-hybridized carbons (Fsp3) is 0.500. The van der Waals surface area contributed by atoms with Crippen molar-refractivity contribution in [3.63, 3.8) is 0 Å². The lowest BCUT2D eigenvalue weighted by Gasteiger charge is -2.11. The van der Waals surface area contributed by atoms with E-state index in [2.05, 4.69) is 30.4 Å². The topological polar surface area (TPSA) is 45.0 Å². The molecular formula is C14H20N2O. The molecule has 1 rings (SSSR count). The molecule has 0 aromatic heterocycles. The zero-order valence-corrected chi connectivity index (χ0v) is 10.6. The molecule has 0 aliphatic heterocycles. The van der Waals surface area contributed by atoms with E-state index in [0.29, 0.717) is 13.0 Å². The Kier molecular flexibility index (Phi) is 6.13. The molecule has 0 saturated carbocycles. The van der Waals surface area contributed by atoms with Crippen LogP contribution in [0.1, 0.15) is 30.4 Å². The Labute approximate surface area is 103 Å². The molecule has 1 N–H and O–H groups in total. The van der Waals surface area contributed by atoms with Gasteiger partial charge in [-0.2, -0.15) is 5.26 Å². The van der Waals surface area contributed by atoms with Gasteiger partial charge in [0.1, 0.15) is 5.75 Å². The van der Waals surface area contributed by atoms with Gasteiger partial charge < -0.3 is 10.1 Å². The van der Waals surface area contributed by atoms with E-state index < -0.39 is 0 Å². The number of ether oxygens (including phenoxy) is 1. The van der Waals surface area contributed by atoms with Crippen LogP contribution in [0.2, 0.25) is 0 Å². The Bertz CT molecular complexity index is 382. The summed E-state index contributed by atoms with van der Waals surface area (Å²) >= 11 is 0. The quantitative estimate of drug-likeness (QED) is 0.735. The van der Waals surface area contributed by atoms with Gasteiger partial charge in [0.05, 0.1) is 12.7 Å². The number of unbranched alkanes of at least 4 members (excludes halogenated alkanes) is 2. The van der Waals surface area contributed by atoms with Gasteiger partial charge in [0, 0.05) is 18.5 Å². The maximum Gasteiger partial charge on any atom is 0.123 e. The Morgan fingerprint density at radius 1 is 1.35 bits per heavy atom. The summed E-state index contributed by atoms with van der Waals surface area (Å²) in [6.07, 6.45) is 2.45. The minimum Gasteiger partial charge on any atom is -0.493 e. The molecule has 92 valence electrons. The van der Waals surface area contributed by atoms with E-state index in [9.17, 15) is 0 Å². The van der Waals surface area contributed by atoms with Crippen molar-refractivity contribution >= 4 is 0 Å². The first-order valence-corrected chi connectivity index (χ1v) is 6.02. The number of aryl methyl sites for hydroxylation is 1. The van der Waals surface area contributed by atoms with Crippen molar-refractivity contribution < 1.29 is 4.74 Å². The highest BCUT2D eigenvalue weighted by Crippen LogP contribution is 2.20. The summed E-state index contributed by atoms with van der Waals surface area (Å²) in [6.45, 7) is 3.58. The van der Waals surface area contributed by atoms with E-state index in [1.165, 1.54) is 11.1 Å². The lowest BCUT2D eigenvalue weighted by Crippen LogP contribution is -2.08. The molecule has 0 saturated heterocycles. The van der Waals surface area contributed by atoms with Gasteiger partial charge in [0.25, 0.3) is 0 Å². The van der Waals surface area contributed by atoms with Crippen molar-refractivity contribution in [3.8, 4) is 11.8 Å². The average molecular weight is 232 g/mol. The highest BCUT2D eigenvalue weighted by Gasteiger charge is 2.03. The summed E-state index contributed by atoms with van der Waals surface area (Å²) in [5.41, 5.74) is 2.43. The normalized spacial score (nSPS) is 9.94. The minimum absolute atomic E-state index is 0.612. The van der Waals surface area contributed by atoms with Gasteiger partial charge >= 0.3 is 0 Å². The first-order valence-electron chi connectivity index (χ1n) is 6.02. The Morgan fingerprint density at radius 3 is 2.88 bits per heavy atom. The summed E-state index contributed by atoms with van der Waals surface area (Å²) in [4.78, 5) is 0. The van der Waals surface area contributed by atoms with E-state index in [1.807, 2.05) is 13.1 Å². The van der Waals surface area contributed by atoms with E-state index >= 15 is 0 Å². The van der Waals surface area contributed by atoms with Crippen LogP contribution in [0.25, 0.3) is 0 Å². The Hall–Kier alpha value is -1.53. The molecule has 0 spiro atoms. The van der Waals surface area contributed by atoms with E-state index in [4.69, 9.17) is 10.00 Å². The van der Waals surface area contributed by atoms with Crippen LogP contribution in [0, 0.1) is 18.3 Å². The minimum atomic E-state index is 0.612. The second-order valence-electron chi connectivity index (χ2n) is 4.11. The molecule has 17 heavy (non-hydrogen) atoms. The zero-order valence-electron chi connectivity index (χ0n) is 10.6. The lowest BCUT2D eigenvalue weighted by atomic mass is 10.1. The summed E-state index contributed by atoms with van der Waals surface area (Å²) in [6, 6.07) is 8.36. The number of benzene rings is 1. The Balaban J connectivity index is 2.49. The number of nitrogens with one attached hydrogen (secondary N) is 1. The second-order valence-corrected chi connectivity index (χ2v) is 4.11. The molecule has 0 radical (unpaired) electrons. The number of hydrogen-bond donors (Lipinski definition) is 1. The Morgan fingerprint density at radius 2 is 2.18 bits per heavy atom. The molecule has 0 aliphatic carbocycles. The van der Waals surface area contributed by atoms with Gasteiger partial charge in [-0.25, -0.2) is 0 Å². The predicted molar refractivity (Wildman–Crippen MR) is 68.9 cm³/mol. The van der Waals surface area contributed by atoms with Gasteiger partial charge in [-0.05, 0) is 32.9 Å². The van der Waals surface area contributed by atoms with Crippen LogP contribution >= 0.6 is 0 Å². The number of hydrogen-bond acceptors (Lipinski definition) is 3. The highest BCUT2D eigenvalue weighted by atomic mass is 16.5. The van der Waals surface area contributed by atoms with Crippen LogP contribution in [0.5, 0.6) is 5.75 Å². The third-order valence-corrected chi connectivity index (χ3v) is 2.52. The smallest absolute Gasteiger partial charge is 0.123 e. The molecule has 0 aliphatic rings. The fourth-order valence-corrected chi connectivity index (χ4v) is 1.67. The molecule has 1 aromatic carbocycles. The SMILES string of the molecule is CNCc1cc(C)ccc1OCCCCC#N. The van der Waals surface area contributed by atoms with Crippen LogP contribution in [-0.4, -0.2) is 13.7 Å². The van der Waals surface area contributed by atoms with Crippen molar-refractivity contribution in [2.24, 2.45) is 0 Å². The van der Waals surface area contributed by atoms with Gasteiger partial charge in [0.15, 0.2) is 0 Å². The monoisotopic (exact) mass is 232 g/mol. The molecule has 0 unspecified atom stereocenters. The fourth-order valence-electron chi connectivity index (χ4n) is 1.67. The van der Waals surface area contributed by atoms with Crippen LogP contribution in [0.4, 0.5) is 0 Å². The van der Waals surface area contributed by atoms with Crippen LogP contribution in [0.3, 0.4) is 0 Å². The van der Waals surface area contributed by atoms with Gasteiger partial charge in [-0.3, -0.25) is 0 Å². The lowest BCUT2D eigenvalue weighted by molar-refractivity contribution is 0.304. The second kappa shape index (κ2) is 7.70. The molecule has 0 bridgehead atoms. The number of nitrogens with zero attached hydrogens (tertiary/aromatic N) is 1. The largest absolute Gasteiger partial charge is 0.493 e. The van der Waals surface area contributed by atoms with Crippen LogP contribution in [-0.2, 0) is 6.54 Å². The molecule has 0 fully saturated rings. The maximum absolute atomic E-state index is 8.43. The number of rotatable bonds is 7. The van der Waals surface area contributed by atoms with Crippen molar-refractivity contribution in [1.29, 1.82) is 5.26 Å². The molecule has 0 heterocycles. The molecule has 0 atom stereocenters. The van der Waals surface area contributed by atoms with Crippen LogP contribution in [0.15, 0.2) is 18.2 Å². The molecular weight excluding hydrogens is 212 g/mol. The van der Waals surface area contributed by atoms with E-state index in [0.717, 1.165) is 25.1 Å². The van der Waals surface area contributed by atoms with Gasteiger partial charge in [-0.1, -0.05) is 17.7 Å².